The maximum absolute atomic E-state index is 11.4. The summed E-state index contributed by atoms with van der Waals surface area (Å²) < 4.78 is 6.71. The minimum atomic E-state index is -0.209. The minimum Gasteiger partial charge on any atom is -0.465 e. The van der Waals surface area contributed by atoms with Crippen molar-refractivity contribution in [3.8, 4) is 0 Å². The molecule has 0 saturated carbocycles. The standard InChI is InChI=1S/C9H14N4O2/c1-2-15-9(14)8-5-7(6-10-8)13-4-3-11-12-13/h3-4,7-8,10H,2,5-6H2,1H3/t7-,8-/m0/s1. The second-order valence-corrected chi connectivity index (χ2v) is 3.49. The van der Waals surface area contributed by atoms with E-state index >= 15 is 0 Å². The summed E-state index contributed by atoms with van der Waals surface area (Å²) >= 11 is 0. The number of carbonyl (C=O) groups is 1. The molecule has 0 aliphatic carbocycles. The van der Waals surface area contributed by atoms with Crippen LogP contribution >= 0.6 is 0 Å². The van der Waals surface area contributed by atoms with Crippen molar-refractivity contribution < 1.29 is 9.53 Å². The highest BCUT2D eigenvalue weighted by Gasteiger charge is 2.31. The SMILES string of the molecule is CCOC(=O)[C@@H]1C[C@H](n2ccnn2)CN1. The summed E-state index contributed by atoms with van der Waals surface area (Å²) in [7, 11) is 0. The lowest BCUT2D eigenvalue weighted by molar-refractivity contribution is -0.145. The van der Waals surface area contributed by atoms with Crippen LogP contribution in [0.25, 0.3) is 0 Å². The fourth-order valence-electron chi connectivity index (χ4n) is 1.75. The van der Waals surface area contributed by atoms with Gasteiger partial charge in [-0.1, -0.05) is 5.21 Å². The Bertz CT molecular complexity index is 325. The van der Waals surface area contributed by atoms with Gasteiger partial charge in [-0.25, -0.2) is 4.68 Å². The Kier molecular flexibility index (Phi) is 2.96. The zero-order valence-electron chi connectivity index (χ0n) is 8.59. The van der Waals surface area contributed by atoms with Crippen molar-refractivity contribution in [2.24, 2.45) is 0 Å². The molecule has 0 aromatic carbocycles. The van der Waals surface area contributed by atoms with Gasteiger partial charge in [0.05, 0.1) is 18.8 Å². The van der Waals surface area contributed by atoms with Gasteiger partial charge >= 0.3 is 5.97 Å². The average Bonchev–Trinajstić information content (AvgIpc) is 2.89. The topological polar surface area (TPSA) is 69.0 Å². The van der Waals surface area contributed by atoms with Crippen molar-refractivity contribution in [1.29, 1.82) is 0 Å². The van der Waals surface area contributed by atoms with Gasteiger partial charge in [-0.3, -0.25) is 4.79 Å². The van der Waals surface area contributed by atoms with Gasteiger partial charge in [0, 0.05) is 12.7 Å². The summed E-state index contributed by atoms with van der Waals surface area (Å²) in [4.78, 5) is 11.4. The Morgan fingerprint density at radius 3 is 3.27 bits per heavy atom. The Labute approximate surface area is 87.6 Å². The Hall–Kier alpha value is -1.43. The Morgan fingerprint density at radius 1 is 1.73 bits per heavy atom. The highest BCUT2D eigenvalue weighted by Crippen LogP contribution is 2.18. The fourth-order valence-corrected chi connectivity index (χ4v) is 1.75. The number of ether oxygens (including phenoxy) is 1. The van der Waals surface area contributed by atoms with Crippen molar-refractivity contribution in [2.45, 2.75) is 25.4 Å². The number of nitrogens with one attached hydrogen (secondary N) is 1. The summed E-state index contributed by atoms with van der Waals surface area (Å²) in [5.41, 5.74) is 0. The van der Waals surface area contributed by atoms with Crippen molar-refractivity contribution in [3.05, 3.63) is 12.4 Å². The van der Waals surface area contributed by atoms with Crippen molar-refractivity contribution in [2.75, 3.05) is 13.2 Å². The number of carbonyl (C=O) groups excluding carboxylic acids is 1. The molecule has 1 saturated heterocycles. The molecule has 2 atom stereocenters. The molecule has 0 spiro atoms. The molecule has 15 heavy (non-hydrogen) atoms. The number of hydrogen-bond donors (Lipinski definition) is 1. The van der Waals surface area contributed by atoms with Crippen LogP contribution in [0.2, 0.25) is 0 Å². The number of aromatic nitrogens is 3. The lowest BCUT2D eigenvalue weighted by Gasteiger charge is -2.09. The van der Waals surface area contributed by atoms with Gasteiger partial charge in [0.1, 0.15) is 6.04 Å². The van der Waals surface area contributed by atoms with Crippen molar-refractivity contribution in [1.82, 2.24) is 20.3 Å². The number of hydrogen-bond acceptors (Lipinski definition) is 5. The van der Waals surface area contributed by atoms with Crippen LogP contribution in [0.1, 0.15) is 19.4 Å². The molecule has 1 aromatic heterocycles. The van der Waals surface area contributed by atoms with Gasteiger partial charge in [0.25, 0.3) is 0 Å². The van der Waals surface area contributed by atoms with E-state index in [0.29, 0.717) is 13.0 Å². The van der Waals surface area contributed by atoms with Gasteiger partial charge in [-0.2, -0.15) is 0 Å². The normalized spacial score (nSPS) is 25.4. The quantitative estimate of drug-likeness (QED) is 0.696. The zero-order chi connectivity index (χ0) is 10.7. The van der Waals surface area contributed by atoms with E-state index in [1.807, 2.05) is 6.92 Å². The highest BCUT2D eigenvalue weighted by molar-refractivity contribution is 5.76. The summed E-state index contributed by atoms with van der Waals surface area (Å²) in [5.74, 6) is -0.180. The monoisotopic (exact) mass is 210 g/mol. The summed E-state index contributed by atoms with van der Waals surface area (Å²) in [6, 6.07) is -0.0129. The molecule has 1 aromatic rings. The van der Waals surface area contributed by atoms with Gasteiger partial charge < -0.3 is 10.1 Å². The third-order valence-electron chi connectivity index (χ3n) is 2.49. The van der Waals surface area contributed by atoms with E-state index in [1.54, 1.807) is 17.1 Å². The van der Waals surface area contributed by atoms with Crippen LogP contribution in [0.4, 0.5) is 0 Å². The average molecular weight is 210 g/mol. The molecule has 1 N–H and O–H groups in total. The van der Waals surface area contributed by atoms with E-state index < -0.39 is 0 Å². The lowest BCUT2D eigenvalue weighted by atomic mass is 10.2. The van der Waals surface area contributed by atoms with E-state index in [-0.39, 0.29) is 18.1 Å². The van der Waals surface area contributed by atoms with Crippen LogP contribution in [-0.4, -0.2) is 40.2 Å². The van der Waals surface area contributed by atoms with Crippen LogP contribution in [0.15, 0.2) is 12.4 Å². The van der Waals surface area contributed by atoms with Crippen LogP contribution in [-0.2, 0) is 9.53 Å². The fraction of sp³-hybridized carbons (Fsp3) is 0.667. The maximum atomic E-state index is 11.4. The first kappa shape index (κ1) is 10.1. The predicted octanol–water partition coefficient (Wildman–Crippen LogP) is -0.256. The van der Waals surface area contributed by atoms with E-state index in [2.05, 4.69) is 15.6 Å². The number of rotatable bonds is 3. The van der Waals surface area contributed by atoms with E-state index in [9.17, 15) is 4.79 Å². The van der Waals surface area contributed by atoms with Gasteiger partial charge in [0.2, 0.25) is 0 Å². The van der Waals surface area contributed by atoms with E-state index in [0.717, 1.165) is 6.54 Å². The molecule has 82 valence electrons. The molecule has 2 heterocycles. The van der Waals surface area contributed by atoms with Gasteiger partial charge in [-0.15, -0.1) is 5.10 Å². The van der Waals surface area contributed by atoms with Crippen LogP contribution in [0.3, 0.4) is 0 Å². The summed E-state index contributed by atoms with van der Waals surface area (Å²) in [5, 5.41) is 10.8. The minimum absolute atomic E-state index is 0.180. The molecular formula is C9H14N4O2. The smallest absolute Gasteiger partial charge is 0.323 e. The van der Waals surface area contributed by atoms with Gasteiger partial charge in [0.15, 0.2) is 0 Å². The molecule has 6 nitrogen and oxygen atoms in total. The third kappa shape index (κ3) is 2.15. The van der Waals surface area contributed by atoms with Crippen LogP contribution in [0.5, 0.6) is 0 Å². The number of nitrogens with zero attached hydrogens (tertiary/aromatic N) is 3. The summed E-state index contributed by atoms with van der Waals surface area (Å²) in [6.07, 6.45) is 4.15. The van der Waals surface area contributed by atoms with Gasteiger partial charge in [-0.05, 0) is 13.3 Å². The first-order chi connectivity index (χ1) is 7.31. The number of esters is 1. The second kappa shape index (κ2) is 4.39. The third-order valence-corrected chi connectivity index (χ3v) is 2.49. The molecule has 1 aliphatic rings. The van der Waals surface area contributed by atoms with Crippen LogP contribution in [0, 0.1) is 0 Å². The Morgan fingerprint density at radius 2 is 2.60 bits per heavy atom. The predicted molar refractivity (Wildman–Crippen MR) is 52.1 cm³/mol. The molecule has 6 heteroatoms. The zero-order valence-corrected chi connectivity index (χ0v) is 8.59. The first-order valence-corrected chi connectivity index (χ1v) is 5.07. The molecule has 0 amide bonds. The Balaban J connectivity index is 1.92. The molecule has 1 fully saturated rings. The van der Waals surface area contributed by atoms with Crippen molar-refractivity contribution >= 4 is 5.97 Å². The van der Waals surface area contributed by atoms with Crippen LogP contribution < -0.4 is 5.32 Å². The van der Waals surface area contributed by atoms with E-state index in [4.69, 9.17) is 4.74 Å². The van der Waals surface area contributed by atoms with Crippen molar-refractivity contribution in [3.63, 3.8) is 0 Å². The molecule has 2 rings (SSSR count). The second-order valence-electron chi connectivity index (χ2n) is 3.49. The first-order valence-electron chi connectivity index (χ1n) is 5.07. The molecule has 0 unspecified atom stereocenters. The molecule has 0 bridgehead atoms. The highest BCUT2D eigenvalue weighted by atomic mass is 16.5. The molecular weight excluding hydrogens is 196 g/mol. The lowest BCUT2D eigenvalue weighted by Crippen LogP contribution is -2.32. The molecule has 1 aliphatic heterocycles. The summed E-state index contributed by atoms with van der Waals surface area (Å²) in [6.45, 7) is 2.96. The molecule has 0 radical (unpaired) electrons. The largest absolute Gasteiger partial charge is 0.465 e. The van der Waals surface area contributed by atoms with E-state index in [1.165, 1.54) is 0 Å². The maximum Gasteiger partial charge on any atom is 0.323 e.